The van der Waals surface area contributed by atoms with Crippen molar-refractivity contribution in [2.24, 2.45) is 5.73 Å². The van der Waals surface area contributed by atoms with Crippen molar-refractivity contribution >= 4 is 26.2 Å². The van der Waals surface area contributed by atoms with E-state index in [0.717, 1.165) is 6.42 Å². The minimum absolute atomic E-state index is 0.302. The zero-order valence-corrected chi connectivity index (χ0v) is 15.4. The number of rotatable bonds is 7. The van der Waals surface area contributed by atoms with Gasteiger partial charge in [0.15, 0.2) is 16.6 Å². The molecule has 0 fully saturated rings. The van der Waals surface area contributed by atoms with E-state index in [9.17, 15) is 0 Å². The molecule has 0 aromatic carbocycles. The van der Waals surface area contributed by atoms with Crippen molar-refractivity contribution in [3.05, 3.63) is 0 Å². The highest BCUT2D eigenvalue weighted by atomic mass is 28.4. The van der Waals surface area contributed by atoms with Crippen molar-refractivity contribution in [2.75, 3.05) is 6.54 Å². The summed E-state index contributed by atoms with van der Waals surface area (Å²) in [6, 6.07) is 0. The lowest BCUT2D eigenvalue weighted by molar-refractivity contribution is -0.0589. The summed E-state index contributed by atoms with van der Waals surface area (Å²) in [7, 11) is -3.55. The first-order valence-electron chi connectivity index (χ1n) is 6.14. The monoisotopic (exact) mass is 279 g/mol. The lowest BCUT2D eigenvalue weighted by atomic mass is 10.4. The Balaban J connectivity index is 4.85. The van der Waals surface area contributed by atoms with Crippen LogP contribution in [-0.2, 0) is 8.85 Å². The van der Waals surface area contributed by atoms with E-state index in [1.807, 2.05) is 0 Å². The van der Waals surface area contributed by atoms with Crippen molar-refractivity contribution in [3.8, 4) is 0 Å². The maximum absolute atomic E-state index is 6.32. The third kappa shape index (κ3) is 6.97. The van der Waals surface area contributed by atoms with E-state index in [1.54, 1.807) is 0 Å². The van der Waals surface area contributed by atoms with Crippen LogP contribution in [0, 0.1) is 0 Å². The van der Waals surface area contributed by atoms with E-state index in [-0.39, 0.29) is 5.41 Å². The zero-order chi connectivity index (χ0) is 13.0. The van der Waals surface area contributed by atoms with Crippen molar-refractivity contribution in [1.82, 2.24) is 0 Å². The van der Waals surface area contributed by atoms with Crippen LogP contribution in [0.5, 0.6) is 0 Å². The molecule has 0 aromatic heterocycles. The normalized spacial score (nSPS) is 15.0. The molecule has 0 aliphatic rings. The van der Waals surface area contributed by atoms with E-state index in [4.69, 9.17) is 14.6 Å². The highest BCUT2D eigenvalue weighted by Gasteiger charge is 2.38. The molecule has 0 bridgehead atoms. The first-order valence-corrected chi connectivity index (χ1v) is 15.1. The van der Waals surface area contributed by atoms with Gasteiger partial charge < -0.3 is 14.6 Å². The Kier molecular flexibility index (Phi) is 6.12. The second-order valence-electron chi connectivity index (χ2n) is 6.23. The highest BCUT2D eigenvalue weighted by molar-refractivity contribution is 6.72. The Morgan fingerprint density at radius 2 is 1.38 bits per heavy atom. The number of hydrogen-bond acceptors (Lipinski definition) is 3. The van der Waals surface area contributed by atoms with Gasteiger partial charge in [0.2, 0.25) is 0 Å². The third-order valence-electron chi connectivity index (χ3n) is 2.05. The van der Waals surface area contributed by atoms with Crippen LogP contribution in [0.3, 0.4) is 0 Å². The molecule has 0 atom stereocenters. The van der Waals surface area contributed by atoms with Gasteiger partial charge in [-0.15, -0.1) is 0 Å². The first kappa shape index (κ1) is 16.5. The third-order valence-corrected chi connectivity index (χ3v) is 6.31. The van der Waals surface area contributed by atoms with E-state index < -0.39 is 26.2 Å². The summed E-state index contributed by atoms with van der Waals surface area (Å²) in [6.07, 6.45) is 0.851. The molecule has 3 nitrogen and oxygen atoms in total. The average molecular weight is 280 g/mol. The average Bonchev–Trinajstić information content (AvgIpc) is 1.98. The summed E-state index contributed by atoms with van der Waals surface area (Å²) >= 11 is 0. The largest absolute Gasteiger partial charge is 0.395 e. The van der Waals surface area contributed by atoms with Crippen LogP contribution < -0.4 is 5.73 Å². The quantitative estimate of drug-likeness (QED) is 0.572. The van der Waals surface area contributed by atoms with Gasteiger partial charge in [-0.25, -0.2) is 0 Å². The Bertz CT molecular complexity index is 195. The Labute approximate surface area is 105 Å². The van der Waals surface area contributed by atoms with Crippen LogP contribution in [0.25, 0.3) is 0 Å². The molecule has 0 saturated heterocycles. The summed E-state index contributed by atoms with van der Waals surface area (Å²) in [4.78, 5) is 0. The number of nitrogens with two attached hydrogens (primary N) is 1. The van der Waals surface area contributed by atoms with Crippen LogP contribution in [0.1, 0.15) is 6.42 Å². The molecule has 0 aliphatic heterocycles. The zero-order valence-electron chi connectivity index (χ0n) is 12.0. The summed E-state index contributed by atoms with van der Waals surface area (Å²) in [5.41, 5.74) is 5.42. The van der Waals surface area contributed by atoms with Gasteiger partial charge in [0, 0.05) is 6.42 Å². The van der Waals surface area contributed by atoms with E-state index >= 15 is 0 Å². The molecule has 0 saturated carbocycles. The fraction of sp³-hybridized carbons (Fsp3) is 1.00. The molecule has 0 heterocycles. The van der Waals surface area contributed by atoms with Crippen molar-refractivity contribution in [1.29, 1.82) is 0 Å². The summed E-state index contributed by atoms with van der Waals surface area (Å²) in [5.74, 6) is 0. The van der Waals surface area contributed by atoms with Gasteiger partial charge in [-0.2, -0.15) is 0 Å². The molecule has 0 aliphatic carbocycles. The minimum atomic E-state index is -1.57. The predicted octanol–water partition coefficient (Wildman–Crippen LogP) is 1.91. The SMILES string of the molecule is C[SiH2]C(CCN)(O[Si](C)(C)C)O[Si](C)(C)C. The van der Waals surface area contributed by atoms with Crippen LogP contribution >= 0.6 is 0 Å². The second-order valence-corrected chi connectivity index (χ2v) is 16.9. The second kappa shape index (κ2) is 5.92. The van der Waals surface area contributed by atoms with Crippen LogP contribution in [-0.4, -0.2) is 38.1 Å². The molecule has 0 amide bonds. The first-order chi connectivity index (χ1) is 7.04. The molecule has 0 unspecified atom stereocenters. The van der Waals surface area contributed by atoms with Crippen LogP contribution in [0.15, 0.2) is 0 Å². The highest BCUT2D eigenvalue weighted by Crippen LogP contribution is 2.26. The summed E-state index contributed by atoms with van der Waals surface area (Å²) < 4.78 is 12.6. The van der Waals surface area contributed by atoms with Crippen LogP contribution in [0.2, 0.25) is 45.8 Å². The fourth-order valence-corrected chi connectivity index (χ4v) is 8.69. The molecular weight excluding hydrogens is 250 g/mol. The molecule has 0 spiro atoms. The van der Waals surface area contributed by atoms with Gasteiger partial charge in [0.25, 0.3) is 0 Å². The Morgan fingerprint density at radius 3 is 1.56 bits per heavy atom. The topological polar surface area (TPSA) is 44.5 Å². The van der Waals surface area contributed by atoms with Gasteiger partial charge in [0.05, 0.1) is 9.52 Å². The molecule has 0 rings (SSSR count). The predicted molar refractivity (Wildman–Crippen MR) is 79.7 cm³/mol. The molecule has 16 heavy (non-hydrogen) atoms. The maximum atomic E-state index is 6.32. The summed E-state index contributed by atoms with van der Waals surface area (Å²) in [5, 5.41) is 0. The lowest BCUT2D eigenvalue weighted by Crippen LogP contribution is -2.54. The Hall–Kier alpha value is 0.531. The maximum Gasteiger partial charge on any atom is 0.187 e. The Morgan fingerprint density at radius 1 is 1.00 bits per heavy atom. The van der Waals surface area contributed by atoms with Crippen molar-refractivity contribution in [2.45, 2.75) is 57.7 Å². The van der Waals surface area contributed by atoms with Crippen molar-refractivity contribution < 1.29 is 8.85 Å². The van der Waals surface area contributed by atoms with Gasteiger partial charge in [-0.05, 0) is 45.8 Å². The van der Waals surface area contributed by atoms with Gasteiger partial charge in [-0.3, -0.25) is 0 Å². The van der Waals surface area contributed by atoms with Crippen LogP contribution in [0.4, 0.5) is 0 Å². The molecule has 6 heteroatoms. The molecule has 98 valence electrons. The summed E-state index contributed by atoms with van der Waals surface area (Å²) in [6.45, 7) is 16.2. The minimum Gasteiger partial charge on any atom is -0.395 e. The van der Waals surface area contributed by atoms with Gasteiger partial charge in [0.1, 0.15) is 5.41 Å². The van der Waals surface area contributed by atoms with Crippen molar-refractivity contribution in [3.63, 3.8) is 0 Å². The van der Waals surface area contributed by atoms with E-state index in [0.29, 0.717) is 6.54 Å². The lowest BCUT2D eigenvalue weighted by Gasteiger charge is -2.42. The van der Waals surface area contributed by atoms with Gasteiger partial charge >= 0.3 is 0 Å². The molecule has 0 aromatic rings. The molecule has 2 N–H and O–H groups in total. The standard InChI is InChI=1S/C10H29NO2Si3/c1-14-10(8-9-11,12-15(2,3)4)13-16(5,6)7/h8-9,11,14H2,1-7H3. The fourth-order valence-electron chi connectivity index (χ4n) is 1.78. The van der Waals surface area contributed by atoms with E-state index in [2.05, 4.69) is 45.8 Å². The molecule has 0 radical (unpaired) electrons. The smallest absolute Gasteiger partial charge is 0.187 e. The molecular formula is C10H29NO2Si3. The van der Waals surface area contributed by atoms with Gasteiger partial charge in [-0.1, -0.05) is 6.55 Å². The van der Waals surface area contributed by atoms with E-state index in [1.165, 1.54) is 0 Å². The number of hydrogen-bond donors (Lipinski definition) is 1.